The van der Waals surface area contributed by atoms with Crippen molar-refractivity contribution in [3.05, 3.63) is 65.0 Å². The van der Waals surface area contributed by atoms with Gasteiger partial charge in [0.2, 0.25) is 0 Å². The highest BCUT2D eigenvalue weighted by molar-refractivity contribution is 5.99. The van der Waals surface area contributed by atoms with Crippen LogP contribution < -0.4 is 0 Å². The fourth-order valence-electron chi connectivity index (χ4n) is 3.31. The van der Waals surface area contributed by atoms with Gasteiger partial charge in [-0.3, -0.25) is 4.68 Å². The molecule has 2 aromatic heterocycles. The van der Waals surface area contributed by atoms with E-state index in [-0.39, 0.29) is 5.97 Å². The predicted octanol–water partition coefficient (Wildman–Crippen LogP) is 3.53. The van der Waals surface area contributed by atoms with Gasteiger partial charge < -0.3 is 9.72 Å². The minimum atomic E-state index is -0.366. The van der Waals surface area contributed by atoms with Crippen molar-refractivity contribution in [2.24, 2.45) is 0 Å². The third kappa shape index (κ3) is 2.50. The maximum Gasteiger partial charge on any atom is 0.338 e. The summed E-state index contributed by atoms with van der Waals surface area (Å²) in [5.41, 5.74) is 4.69. The van der Waals surface area contributed by atoms with Crippen LogP contribution in [0.1, 0.15) is 27.0 Å². The fourth-order valence-corrected chi connectivity index (χ4v) is 3.31. The summed E-state index contributed by atoms with van der Waals surface area (Å²) in [6.45, 7) is 2.39. The van der Waals surface area contributed by atoms with E-state index in [0.717, 1.165) is 32.9 Å². The number of methoxy groups -OCH3 is 1. The molecule has 0 bridgehead atoms. The lowest BCUT2D eigenvalue weighted by atomic mass is 9.99. The molecule has 0 aliphatic rings. The summed E-state index contributed by atoms with van der Waals surface area (Å²) < 4.78 is 6.76. The van der Waals surface area contributed by atoms with E-state index in [0.29, 0.717) is 17.7 Å². The zero-order chi connectivity index (χ0) is 18.3. The highest BCUT2D eigenvalue weighted by Gasteiger charge is 2.18. The molecule has 0 fully saturated rings. The highest BCUT2D eigenvalue weighted by atomic mass is 16.5. The Hall–Kier alpha value is -3.59. The van der Waals surface area contributed by atoms with E-state index in [9.17, 15) is 4.79 Å². The van der Waals surface area contributed by atoms with Crippen LogP contribution in [0.25, 0.3) is 21.8 Å². The SMILES string of the molecule is COC(=O)c1cc(C)c2[nH]ccc2c1Cn1cc2ccc(C#N)cc2n1. The van der Waals surface area contributed by atoms with Crippen LogP contribution in [0.4, 0.5) is 0 Å². The number of hydrogen-bond acceptors (Lipinski definition) is 4. The van der Waals surface area contributed by atoms with Crippen molar-refractivity contribution in [1.82, 2.24) is 14.8 Å². The van der Waals surface area contributed by atoms with Gasteiger partial charge in [-0.15, -0.1) is 0 Å². The Morgan fingerprint density at radius 1 is 1.35 bits per heavy atom. The van der Waals surface area contributed by atoms with Crippen molar-refractivity contribution in [3.8, 4) is 6.07 Å². The molecule has 0 spiro atoms. The predicted molar refractivity (Wildman–Crippen MR) is 97.9 cm³/mol. The molecule has 6 heteroatoms. The molecule has 2 heterocycles. The van der Waals surface area contributed by atoms with Gasteiger partial charge in [-0.2, -0.15) is 10.4 Å². The van der Waals surface area contributed by atoms with Gasteiger partial charge in [-0.05, 0) is 48.4 Å². The number of benzene rings is 2. The van der Waals surface area contributed by atoms with Gasteiger partial charge in [-0.1, -0.05) is 0 Å². The Morgan fingerprint density at radius 3 is 2.96 bits per heavy atom. The van der Waals surface area contributed by atoms with Crippen LogP contribution in [0.15, 0.2) is 42.7 Å². The molecule has 0 aliphatic carbocycles. The number of hydrogen-bond donors (Lipinski definition) is 1. The number of rotatable bonds is 3. The van der Waals surface area contributed by atoms with Crippen molar-refractivity contribution < 1.29 is 9.53 Å². The molecule has 0 saturated carbocycles. The quantitative estimate of drug-likeness (QED) is 0.576. The summed E-state index contributed by atoms with van der Waals surface area (Å²) in [4.78, 5) is 15.5. The molecular formula is C20H16N4O2. The lowest BCUT2D eigenvalue weighted by molar-refractivity contribution is 0.0599. The first kappa shape index (κ1) is 15.9. The molecule has 0 radical (unpaired) electrons. The second-order valence-corrected chi connectivity index (χ2v) is 6.19. The number of aromatic nitrogens is 3. The van der Waals surface area contributed by atoms with Gasteiger partial charge in [0, 0.05) is 28.7 Å². The molecule has 0 amide bonds. The average Bonchev–Trinajstić information content (AvgIpc) is 3.29. The van der Waals surface area contributed by atoms with Crippen LogP contribution in [0.5, 0.6) is 0 Å². The summed E-state index contributed by atoms with van der Waals surface area (Å²) >= 11 is 0. The molecule has 4 rings (SSSR count). The van der Waals surface area contributed by atoms with Gasteiger partial charge in [0.05, 0.1) is 36.4 Å². The van der Waals surface area contributed by atoms with Gasteiger partial charge in [0.25, 0.3) is 0 Å². The van der Waals surface area contributed by atoms with E-state index in [4.69, 9.17) is 10.00 Å². The molecule has 0 atom stereocenters. The Kier molecular flexibility index (Phi) is 3.70. The van der Waals surface area contributed by atoms with Gasteiger partial charge in [-0.25, -0.2) is 4.79 Å². The monoisotopic (exact) mass is 344 g/mol. The minimum absolute atomic E-state index is 0.366. The van der Waals surface area contributed by atoms with E-state index in [1.807, 2.05) is 37.5 Å². The zero-order valence-corrected chi connectivity index (χ0v) is 14.4. The van der Waals surface area contributed by atoms with Crippen LogP contribution in [0, 0.1) is 18.3 Å². The second-order valence-electron chi connectivity index (χ2n) is 6.19. The number of esters is 1. The number of ether oxygens (including phenoxy) is 1. The van der Waals surface area contributed by atoms with Crippen molar-refractivity contribution in [2.75, 3.05) is 7.11 Å². The maximum absolute atomic E-state index is 12.3. The number of nitriles is 1. The molecule has 4 aromatic rings. The van der Waals surface area contributed by atoms with Gasteiger partial charge in [0.1, 0.15) is 0 Å². The van der Waals surface area contributed by atoms with Gasteiger partial charge in [0.15, 0.2) is 0 Å². The maximum atomic E-state index is 12.3. The number of fused-ring (bicyclic) bond motifs is 2. The first-order valence-electron chi connectivity index (χ1n) is 8.16. The smallest absolute Gasteiger partial charge is 0.338 e. The lowest BCUT2D eigenvalue weighted by Crippen LogP contribution is -2.10. The average molecular weight is 344 g/mol. The minimum Gasteiger partial charge on any atom is -0.465 e. The molecule has 2 aromatic carbocycles. The van der Waals surface area contributed by atoms with Crippen molar-refractivity contribution in [2.45, 2.75) is 13.5 Å². The van der Waals surface area contributed by atoms with E-state index >= 15 is 0 Å². The Labute approximate surface area is 149 Å². The van der Waals surface area contributed by atoms with Crippen LogP contribution in [0.2, 0.25) is 0 Å². The summed E-state index contributed by atoms with van der Waals surface area (Å²) in [7, 11) is 1.38. The molecular weight excluding hydrogens is 328 g/mol. The van der Waals surface area contributed by atoms with Crippen LogP contribution in [-0.4, -0.2) is 27.8 Å². The fraction of sp³-hybridized carbons (Fsp3) is 0.150. The number of carbonyl (C=O) groups excluding carboxylic acids is 1. The molecule has 0 saturated heterocycles. The third-order valence-electron chi connectivity index (χ3n) is 4.56. The number of nitrogens with one attached hydrogen (secondary N) is 1. The van der Waals surface area contributed by atoms with Gasteiger partial charge >= 0.3 is 5.97 Å². The number of carbonyl (C=O) groups is 1. The van der Waals surface area contributed by atoms with Crippen LogP contribution in [-0.2, 0) is 11.3 Å². The van der Waals surface area contributed by atoms with Crippen LogP contribution >= 0.6 is 0 Å². The molecule has 26 heavy (non-hydrogen) atoms. The third-order valence-corrected chi connectivity index (χ3v) is 4.56. The summed E-state index contributed by atoms with van der Waals surface area (Å²) in [5, 5.41) is 15.5. The normalized spacial score (nSPS) is 11.0. The molecule has 1 N–H and O–H groups in total. The number of H-pyrrole nitrogens is 1. The molecule has 128 valence electrons. The Bertz CT molecular complexity index is 1190. The van der Waals surface area contributed by atoms with E-state index in [1.165, 1.54) is 7.11 Å². The second kappa shape index (κ2) is 6.05. The molecule has 0 unspecified atom stereocenters. The topological polar surface area (TPSA) is 83.7 Å². The first-order chi connectivity index (χ1) is 12.6. The summed E-state index contributed by atoms with van der Waals surface area (Å²) in [6, 6.07) is 11.3. The standard InChI is InChI=1S/C20H16N4O2/c1-12-7-16(20(25)26-2)17(15-5-6-22-19(12)15)11-24-10-14-4-3-13(9-21)8-18(14)23-24/h3-8,10,22H,11H2,1-2H3. The van der Waals surface area contributed by atoms with E-state index in [1.54, 1.807) is 16.8 Å². The van der Waals surface area contributed by atoms with E-state index in [2.05, 4.69) is 16.2 Å². The van der Waals surface area contributed by atoms with Crippen molar-refractivity contribution in [1.29, 1.82) is 5.26 Å². The zero-order valence-electron chi connectivity index (χ0n) is 14.4. The number of aryl methyl sites for hydroxylation is 1. The Balaban J connectivity index is 1.86. The molecule has 0 aliphatic heterocycles. The van der Waals surface area contributed by atoms with Crippen molar-refractivity contribution >= 4 is 27.8 Å². The molecule has 6 nitrogen and oxygen atoms in total. The largest absolute Gasteiger partial charge is 0.465 e. The van der Waals surface area contributed by atoms with E-state index < -0.39 is 0 Å². The number of nitrogens with zero attached hydrogens (tertiary/aromatic N) is 3. The van der Waals surface area contributed by atoms with Crippen molar-refractivity contribution in [3.63, 3.8) is 0 Å². The van der Waals surface area contributed by atoms with Crippen LogP contribution in [0.3, 0.4) is 0 Å². The summed E-state index contributed by atoms with van der Waals surface area (Å²) in [6.07, 6.45) is 3.77. The lowest BCUT2D eigenvalue weighted by Gasteiger charge is -2.12. The Morgan fingerprint density at radius 2 is 2.19 bits per heavy atom. The first-order valence-corrected chi connectivity index (χ1v) is 8.16. The number of aromatic amines is 1. The summed E-state index contributed by atoms with van der Waals surface area (Å²) in [5.74, 6) is -0.366. The highest BCUT2D eigenvalue weighted by Crippen LogP contribution is 2.27.